The lowest BCUT2D eigenvalue weighted by molar-refractivity contribution is -0.384. The van der Waals surface area contributed by atoms with Crippen molar-refractivity contribution < 1.29 is 9.66 Å². The van der Waals surface area contributed by atoms with Gasteiger partial charge in [-0.05, 0) is 12.1 Å². The van der Waals surface area contributed by atoms with E-state index in [1.54, 1.807) is 12.1 Å². The second kappa shape index (κ2) is 4.33. The Hall–Kier alpha value is -1.58. The van der Waals surface area contributed by atoms with Crippen LogP contribution in [-0.4, -0.2) is 12.0 Å². The summed E-state index contributed by atoms with van der Waals surface area (Å²) < 4.78 is 4.83. The van der Waals surface area contributed by atoms with Crippen LogP contribution in [0.1, 0.15) is 7.43 Å². The van der Waals surface area contributed by atoms with Crippen LogP contribution in [0.2, 0.25) is 0 Å². The maximum absolute atomic E-state index is 10.2. The third kappa shape index (κ3) is 2.23. The van der Waals surface area contributed by atoms with Crippen molar-refractivity contribution in [2.45, 2.75) is 7.43 Å². The summed E-state index contributed by atoms with van der Waals surface area (Å²) in [6.07, 6.45) is 0. The van der Waals surface area contributed by atoms with Gasteiger partial charge in [-0.15, -0.1) is 0 Å². The highest BCUT2D eigenvalue weighted by atomic mass is 16.6. The van der Waals surface area contributed by atoms with Gasteiger partial charge in [0, 0.05) is 12.1 Å². The van der Waals surface area contributed by atoms with Crippen molar-refractivity contribution >= 4 is 5.69 Å². The van der Waals surface area contributed by atoms with E-state index in [1.807, 2.05) is 0 Å². The van der Waals surface area contributed by atoms with Crippen LogP contribution in [0.25, 0.3) is 0 Å². The fourth-order valence-electron chi connectivity index (χ4n) is 0.704. The molecular formula is C8H11NO3. The quantitative estimate of drug-likeness (QED) is 0.504. The first-order valence-electron chi connectivity index (χ1n) is 3.02. The zero-order chi connectivity index (χ0) is 8.27. The number of rotatable bonds is 2. The molecule has 0 saturated carbocycles. The fraction of sp³-hybridized carbons (Fsp3) is 0.250. The average molecular weight is 169 g/mol. The first kappa shape index (κ1) is 10.4. The number of hydrogen-bond donors (Lipinski definition) is 0. The molecule has 0 aliphatic rings. The molecule has 0 N–H and O–H groups in total. The van der Waals surface area contributed by atoms with Crippen molar-refractivity contribution in [2.75, 3.05) is 7.11 Å². The molecule has 12 heavy (non-hydrogen) atoms. The molecule has 1 aromatic rings. The van der Waals surface area contributed by atoms with E-state index in [0.717, 1.165) is 0 Å². The molecule has 0 bridgehead atoms. The van der Waals surface area contributed by atoms with Gasteiger partial charge < -0.3 is 4.74 Å². The second-order valence-electron chi connectivity index (χ2n) is 1.96. The summed E-state index contributed by atoms with van der Waals surface area (Å²) in [7, 11) is 1.52. The predicted molar refractivity (Wildman–Crippen MR) is 46.4 cm³/mol. The highest BCUT2D eigenvalue weighted by Gasteiger charge is 2.02. The summed E-state index contributed by atoms with van der Waals surface area (Å²) in [5.74, 6) is 0.621. The molecule has 0 atom stereocenters. The third-order valence-corrected chi connectivity index (χ3v) is 1.28. The van der Waals surface area contributed by atoms with Gasteiger partial charge in [-0.25, -0.2) is 0 Å². The zero-order valence-electron chi connectivity index (χ0n) is 5.98. The van der Waals surface area contributed by atoms with Crippen LogP contribution in [-0.2, 0) is 0 Å². The minimum Gasteiger partial charge on any atom is -0.497 e. The van der Waals surface area contributed by atoms with Crippen molar-refractivity contribution in [1.29, 1.82) is 0 Å². The van der Waals surface area contributed by atoms with Crippen molar-refractivity contribution in [3.8, 4) is 5.75 Å². The Kier molecular flexibility index (Phi) is 3.76. The molecule has 0 heterocycles. The summed E-state index contributed by atoms with van der Waals surface area (Å²) in [4.78, 5) is 9.72. The second-order valence-corrected chi connectivity index (χ2v) is 1.96. The van der Waals surface area contributed by atoms with Crippen LogP contribution in [0.15, 0.2) is 24.3 Å². The van der Waals surface area contributed by atoms with E-state index in [0.29, 0.717) is 5.75 Å². The number of hydrogen-bond acceptors (Lipinski definition) is 3. The highest BCUT2D eigenvalue weighted by molar-refractivity contribution is 5.35. The normalized spacial score (nSPS) is 8.42. The SMILES string of the molecule is C.COc1ccc([N+](=O)[O-])cc1. The van der Waals surface area contributed by atoms with Crippen molar-refractivity contribution in [2.24, 2.45) is 0 Å². The van der Waals surface area contributed by atoms with E-state index < -0.39 is 4.92 Å². The number of non-ortho nitro benzene ring substituents is 1. The standard InChI is InChI=1S/C7H7NO3.CH4/c1-11-7-4-2-6(3-5-7)8(9)10;/h2-5H,1H3;1H4. The fourth-order valence-corrected chi connectivity index (χ4v) is 0.704. The number of ether oxygens (including phenoxy) is 1. The van der Waals surface area contributed by atoms with Crippen LogP contribution >= 0.6 is 0 Å². The van der Waals surface area contributed by atoms with E-state index in [9.17, 15) is 10.1 Å². The summed E-state index contributed by atoms with van der Waals surface area (Å²) >= 11 is 0. The zero-order valence-corrected chi connectivity index (χ0v) is 5.98. The molecule has 0 saturated heterocycles. The third-order valence-electron chi connectivity index (χ3n) is 1.28. The number of nitrogens with zero attached hydrogens (tertiary/aromatic N) is 1. The maximum Gasteiger partial charge on any atom is 0.269 e. The molecule has 4 nitrogen and oxygen atoms in total. The molecule has 0 aliphatic carbocycles. The lowest BCUT2D eigenvalue weighted by Gasteiger charge is -1.96. The topological polar surface area (TPSA) is 52.4 Å². The molecule has 0 fully saturated rings. The molecule has 0 spiro atoms. The van der Waals surface area contributed by atoms with Crippen LogP contribution < -0.4 is 4.74 Å². The van der Waals surface area contributed by atoms with Crippen molar-refractivity contribution in [1.82, 2.24) is 0 Å². The van der Waals surface area contributed by atoms with Gasteiger partial charge in [-0.3, -0.25) is 10.1 Å². The molecular weight excluding hydrogens is 158 g/mol. The van der Waals surface area contributed by atoms with Gasteiger partial charge in [0.2, 0.25) is 0 Å². The molecule has 1 aromatic carbocycles. The molecule has 4 heteroatoms. The Morgan fingerprint density at radius 1 is 1.33 bits per heavy atom. The Morgan fingerprint density at radius 3 is 2.17 bits per heavy atom. The van der Waals surface area contributed by atoms with Gasteiger partial charge in [-0.1, -0.05) is 7.43 Å². The summed E-state index contributed by atoms with van der Waals surface area (Å²) in [6, 6.07) is 5.91. The van der Waals surface area contributed by atoms with Crippen LogP contribution in [0.5, 0.6) is 5.75 Å². The molecule has 0 aliphatic heterocycles. The van der Waals surface area contributed by atoms with E-state index in [-0.39, 0.29) is 13.1 Å². The maximum atomic E-state index is 10.2. The van der Waals surface area contributed by atoms with Gasteiger partial charge in [0.25, 0.3) is 5.69 Å². The number of nitro groups is 1. The Labute approximate surface area is 70.9 Å². The lowest BCUT2D eigenvalue weighted by Crippen LogP contribution is -1.87. The Morgan fingerprint density at radius 2 is 1.83 bits per heavy atom. The first-order valence-corrected chi connectivity index (χ1v) is 3.02. The Balaban J connectivity index is 0.00000121. The number of methoxy groups -OCH3 is 1. The summed E-state index contributed by atoms with van der Waals surface area (Å²) in [5, 5.41) is 10.2. The highest BCUT2D eigenvalue weighted by Crippen LogP contribution is 2.16. The number of benzene rings is 1. The first-order chi connectivity index (χ1) is 5.24. The van der Waals surface area contributed by atoms with E-state index >= 15 is 0 Å². The van der Waals surface area contributed by atoms with Gasteiger partial charge in [0.1, 0.15) is 5.75 Å². The minimum atomic E-state index is -0.445. The van der Waals surface area contributed by atoms with Crippen molar-refractivity contribution in [3.63, 3.8) is 0 Å². The van der Waals surface area contributed by atoms with Crippen LogP contribution in [0, 0.1) is 10.1 Å². The van der Waals surface area contributed by atoms with Crippen LogP contribution in [0.3, 0.4) is 0 Å². The molecule has 0 unspecified atom stereocenters. The molecule has 0 radical (unpaired) electrons. The number of nitro benzene ring substituents is 1. The molecule has 0 aromatic heterocycles. The van der Waals surface area contributed by atoms with E-state index in [4.69, 9.17) is 4.74 Å². The van der Waals surface area contributed by atoms with Gasteiger partial charge >= 0.3 is 0 Å². The van der Waals surface area contributed by atoms with E-state index in [1.165, 1.54) is 19.2 Å². The largest absolute Gasteiger partial charge is 0.497 e. The molecule has 66 valence electrons. The summed E-state index contributed by atoms with van der Waals surface area (Å²) in [5.41, 5.74) is 0.0748. The summed E-state index contributed by atoms with van der Waals surface area (Å²) in [6.45, 7) is 0. The van der Waals surface area contributed by atoms with Crippen molar-refractivity contribution in [3.05, 3.63) is 34.4 Å². The lowest BCUT2D eigenvalue weighted by atomic mass is 10.3. The Bertz CT molecular complexity index is 256. The van der Waals surface area contributed by atoms with Gasteiger partial charge in [0.05, 0.1) is 12.0 Å². The monoisotopic (exact) mass is 169 g/mol. The molecule has 0 amide bonds. The minimum absolute atomic E-state index is 0. The van der Waals surface area contributed by atoms with Gasteiger partial charge in [-0.2, -0.15) is 0 Å². The molecule has 1 rings (SSSR count). The van der Waals surface area contributed by atoms with E-state index in [2.05, 4.69) is 0 Å². The van der Waals surface area contributed by atoms with Gasteiger partial charge in [0.15, 0.2) is 0 Å². The smallest absolute Gasteiger partial charge is 0.269 e. The predicted octanol–water partition coefficient (Wildman–Crippen LogP) is 2.24. The average Bonchev–Trinajstić information content (AvgIpc) is 2.05. The van der Waals surface area contributed by atoms with Crippen LogP contribution in [0.4, 0.5) is 5.69 Å².